The fourth-order valence-electron chi connectivity index (χ4n) is 4.19. The van der Waals surface area contributed by atoms with E-state index >= 15 is 0 Å². The topological polar surface area (TPSA) is 76.8 Å². The van der Waals surface area contributed by atoms with Crippen molar-refractivity contribution in [2.75, 3.05) is 13.1 Å². The second-order valence-electron chi connectivity index (χ2n) is 7.57. The van der Waals surface area contributed by atoms with E-state index in [0.29, 0.717) is 25.1 Å². The Labute approximate surface area is 185 Å². The molecule has 0 spiro atoms. The summed E-state index contributed by atoms with van der Waals surface area (Å²) in [7, 11) is 0. The van der Waals surface area contributed by atoms with Crippen molar-refractivity contribution in [3.63, 3.8) is 0 Å². The molecule has 0 saturated carbocycles. The van der Waals surface area contributed by atoms with Gasteiger partial charge in [-0.05, 0) is 49.7 Å². The molecular formula is C22H20F2N6O. The molecule has 5 rings (SSSR count). The van der Waals surface area contributed by atoms with Crippen LogP contribution < -0.4 is 0 Å². The number of carbonyl (C=O) groups is 1. The van der Waals surface area contributed by atoms with Gasteiger partial charge in [-0.15, -0.1) is 0 Å². The lowest BCUT2D eigenvalue weighted by molar-refractivity contribution is 0.0784. The first-order chi connectivity index (χ1) is 17.3. The number of allylic oxidation sites excluding steroid dienone is 1. The van der Waals surface area contributed by atoms with Gasteiger partial charge in [-0.3, -0.25) is 4.79 Å². The van der Waals surface area contributed by atoms with E-state index in [-0.39, 0.29) is 34.8 Å². The third-order valence-corrected chi connectivity index (χ3v) is 5.64. The lowest BCUT2D eigenvalue weighted by atomic mass is 10.00. The van der Waals surface area contributed by atoms with Gasteiger partial charge in [0.2, 0.25) is 0 Å². The minimum atomic E-state index is -2.96. The van der Waals surface area contributed by atoms with Crippen molar-refractivity contribution in [1.29, 1.82) is 0 Å². The number of hydrogen-bond donors (Lipinski definition) is 0. The first-order valence-electron chi connectivity index (χ1n) is 12.6. The molecule has 0 bridgehead atoms. The van der Waals surface area contributed by atoms with Crippen molar-refractivity contribution in [2.24, 2.45) is 11.8 Å². The van der Waals surface area contributed by atoms with Crippen LogP contribution in [0.1, 0.15) is 42.2 Å². The molecule has 1 aliphatic heterocycles. The standard InChI is InChI=1S/C22H20F2N6O/c1-12-20(24)13(2)28-21(27-12)14-7-15-10-29(11-16(15)8-14)22(31)18-4-3-17(23)9-19(18)30-25-5-6-26-30/h3-7,9,15-16H,8,10-11H2,1-2H3/i1D3,2D3. The van der Waals surface area contributed by atoms with Crippen LogP contribution in [0, 0.1) is 37.2 Å². The van der Waals surface area contributed by atoms with E-state index in [2.05, 4.69) is 20.2 Å². The fourth-order valence-corrected chi connectivity index (χ4v) is 4.19. The van der Waals surface area contributed by atoms with Crippen LogP contribution in [0.2, 0.25) is 0 Å². The fraction of sp³-hybridized carbons (Fsp3) is 0.318. The van der Waals surface area contributed by atoms with Gasteiger partial charge in [0.15, 0.2) is 11.6 Å². The van der Waals surface area contributed by atoms with Gasteiger partial charge in [-0.1, -0.05) is 6.08 Å². The molecule has 158 valence electrons. The highest BCUT2D eigenvalue weighted by atomic mass is 19.1. The molecule has 31 heavy (non-hydrogen) atoms. The third-order valence-electron chi connectivity index (χ3n) is 5.64. The Morgan fingerprint density at radius 2 is 1.87 bits per heavy atom. The first-order valence-corrected chi connectivity index (χ1v) is 9.58. The number of rotatable bonds is 3. The number of carbonyl (C=O) groups excluding carboxylic acids is 1. The van der Waals surface area contributed by atoms with Crippen LogP contribution in [0.25, 0.3) is 11.3 Å². The SMILES string of the molecule is [2H]C([2H])([2H])c1nc(C2=CC3CN(C(=O)c4ccc(F)cc4-n4nccn4)CC3C2)nc(C([2H])([2H])[2H])c1F. The highest BCUT2D eigenvalue weighted by Crippen LogP contribution is 2.40. The van der Waals surface area contributed by atoms with Gasteiger partial charge < -0.3 is 4.90 Å². The molecule has 1 aliphatic carbocycles. The highest BCUT2D eigenvalue weighted by molar-refractivity contribution is 5.98. The van der Waals surface area contributed by atoms with E-state index in [4.69, 9.17) is 8.22 Å². The Hall–Kier alpha value is -3.49. The molecule has 0 radical (unpaired) electrons. The van der Waals surface area contributed by atoms with Crippen molar-refractivity contribution >= 4 is 11.5 Å². The van der Waals surface area contributed by atoms with Gasteiger partial charge in [-0.2, -0.15) is 15.0 Å². The Bertz CT molecular complexity index is 1370. The number of aromatic nitrogens is 5. The minimum absolute atomic E-state index is 0.0632. The number of amides is 1. The van der Waals surface area contributed by atoms with Crippen LogP contribution >= 0.6 is 0 Å². The predicted octanol–water partition coefficient (Wildman–Crippen LogP) is 3.13. The maximum atomic E-state index is 14.7. The number of benzene rings is 1. The zero-order valence-electron chi connectivity index (χ0n) is 22.1. The van der Waals surface area contributed by atoms with Crippen LogP contribution in [0.3, 0.4) is 0 Å². The molecule has 1 amide bonds. The monoisotopic (exact) mass is 428 g/mol. The average molecular weight is 428 g/mol. The van der Waals surface area contributed by atoms with E-state index in [9.17, 15) is 13.6 Å². The van der Waals surface area contributed by atoms with Crippen molar-refractivity contribution in [2.45, 2.75) is 20.1 Å². The Morgan fingerprint density at radius 1 is 1.13 bits per heavy atom. The molecule has 9 heteroatoms. The summed E-state index contributed by atoms with van der Waals surface area (Å²) < 4.78 is 74.0. The summed E-state index contributed by atoms with van der Waals surface area (Å²) in [6.45, 7) is -5.27. The van der Waals surface area contributed by atoms with Gasteiger partial charge in [0, 0.05) is 27.4 Å². The van der Waals surface area contributed by atoms with Crippen LogP contribution in [0.5, 0.6) is 0 Å². The Balaban J connectivity index is 1.42. The van der Waals surface area contributed by atoms with Gasteiger partial charge in [0.25, 0.3) is 5.91 Å². The van der Waals surface area contributed by atoms with Gasteiger partial charge >= 0.3 is 0 Å². The lowest BCUT2D eigenvalue weighted by Gasteiger charge is -2.19. The normalized spacial score (nSPS) is 23.8. The predicted molar refractivity (Wildman–Crippen MR) is 108 cm³/mol. The number of fused-ring (bicyclic) bond motifs is 1. The molecule has 2 aromatic heterocycles. The summed E-state index contributed by atoms with van der Waals surface area (Å²) in [6.07, 6.45) is 4.95. The van der Waals surface area contributed by atoms with Crippen molar-refractivity contribution in [3.8, 4) is 5.69 Å². The number of likely N-dealkylation sites (tertiary alicyclic amines) is 1. The van der Waals surface area contributed by atoms with Crippen molar-refractivity contribution < 1.29 is 21.8 Å². The van der Waals surface area contributed by atoms with Gasteiger partial charge in [0.1, 0.15) is 11.5 Å². The lowest BCUT2D eigenvalue weighted by Crippen LogP contribution is -2.30. The Morgan fingerprint density at radius 3 is 2.55 bits per heavy atom. The van der Waals surface area contributed by atoms with E-state index in [1.54, 1.807) is 11.0 Å². The summed E-state index contributed by atoms with van der Waals surface area (Å²) >= 11 is 0. The first kappa shape index (κ1) is 13.7. The quantitative estimate of drug-likeness (QED) is 0.641. The molecular weight excluding hydrogens is 402 g/mol. The highest BCUT2D eigenvalue weighted by Gasteiger charge is 2.39. The molecule has 3 heterocycles. The van der Waals surface area contributed by atoms with E-state index in [0.717, 1.165) is 0 Å². The molecule has 2 unspecified atom stereocenters. The molecule has 1 aromatic carbocycles. The third kappa shape index (κ3) is 3.39. The zero-order valence-corrected chi connectivity index (χ0v) is 16.1. The van der Waals surface area contributed by atoms with Crippen LogP contribution in [0.15, 0.2) is 36.7 Å². The van der Waals surface area contributed by atoms with Gasteiger partial charge in [-0.25, -0.2) is 18.7 Å². The van der Waals surface area contributed by atoms with Gasteiger partial charge in [0.05, 0.1) is 29.3 Å². The van der Waals surface area contributed by atoms with E-state index in [1.165, 1.54) is 35.4 Å². The van der Waals surface area contributed by atoms with Crippen LogP contribution in [-0.2, 0) is 0 Å². The molecule has 2 aliphatic rings. The van der Waals surface area contributed by atoms with Crippen LogP contribution in [-0.4, -0.2) is 48.9 Å². The zero-order chi connectivity index (χ0) is 26.7. The average Bonchev–Trinajstić information content (AvgIpc) is 3.54. The smallest absolute Gasteiger partial charge is 0.256 e. The summed E-state index contributed by atoms with van der Waals surface area (Å²) in [5.41, 5.74) is -0.934. The molecule has 1 saturated heterocycles. The molecule has 3 aromatic rings. The number of hydrogen-bond acceptors (Lipinski definition) is 5. The molecule has 2 atom stereocenters. The van der Waals surface area contributed by atoms with E-state index in [1.807, 2.05) is 0 Å². The maximum absolute atomic E-state index is 14.7. The van der Waals surface area contributed by atoms with Crippen LogP contribution in [0.4, 0.5) is 8.78 Å². The summed E-state index contributed by atoms with van der Waals surface area (Å²) in [5.74, 6) is -2.66. The number of aryl methyl sites for hydroxylation is 2. The maximum Gasteiger partial charge on any atom is 0.256 e. The van der Waals surface area contributed by atoms with E-state index < -0.39 is 36.7 Å². The molecule has 1 fully saturated rings. The Kier molecular flexibility index (Phi) is 3.25. The second kappa shape index (κ2) is 7.33. The minimum Gasteiger partial charge on any atom is -0.338 e. The molecule has 0 N–H and O–H groups in total. The summed E-state index contributed by atoms with van der Waals surface area (Å²) in [5, 5.41) is 7.98. The number of nitrogens with zero attached hydrogens (tertiary/aromatic N) is 6. The summed E-state index contributed by atoms with van der Waals surface area (Å²) in [4.78, 5) is 23.9. The van der Waals surface area contributed by atoms with Crippen molar-refractivity contribution in [3.05, 3.63) is 71.1 Å². The van der Waals surface area contributed by atoms with Crippen molar-refractivity contribution in [1.82, 2.24) is 29.9 Å². The summed E-state index contributed by atoms with van der Waals surface area (Å²) in [6, 6.07) is 3.75. The second-order valence-corrected chi connectivity index (χ2v) is 7.57. The number of halogens is 2. The molecule has 7 nitrogen and oxygen atoms in total. The largest absolute Gasteiger partial charge is 0.338 e.